The van der Waals surface area contributed by atoms with Crippen LogP contribution in [0.25, 0.3) is 0 Å². The third-order valence-corrected chi connectivity index (χ3v) is 3.79. The molecule has 0 radical (unpaired) electrons. The van der Waals surface area contributed by atoms with Crippen LogP contribution in [0.2, 0.25) is 0 Å². The van der Waals surface area contributed by atoms with Gasteiger partial charge in [0.1, 0.15) is 0 Å². The summed E-state index contributed by atoms with van der Waals surface area (Å²) < 4.78 is 0. The monoisotopic (exact) mass is 261 g/mol. The van der Waals surface area contributed by atoms with Gasteiger partial charge in [-0.05, 0) is 44.5 Å². The fourth-order valence-corrected chi connectivity index (χ4v) is 2.47. The van der Waals surface area contributed by atoms with E-state index in [0.29, 0.717) is 0 Å². The highest BCUT2D eigenvalue weighted by Crippen LogP contribution is 2.26. The van der Waals surface area contributed by atoms with Gasteiger partial charge in [0.05, 0.1) is 5.41 Å². The van der Waals surface area contributed by atoms with Gasteiger partial charge in [-0.15, -0.1) is 0 Å². The van der Waals surface area contributed by atoms with Crippen LogP contribution in [-0.2, 0) is 10.2 Å². The first-order valence-corrected chi connectivity index (χ1v) is 6.88. The normalized spacial score (nSPS) is 17.1. The summed E-state index contributed by atoms with van der Waals surface area (Å²) in [7, 11) is 0. The van der Waals surface area contributed by atoms with Crippen LogP contribution in [0.15, 0.2) is 24.3 Å². The molecule has 0 bridgehead atoms. The molecule has 1 aliphatic rings. The molecular weight excluding hydrogens is 238 g/mol. The van der Waals surface area contributed by atoms with Gasteiger partial charge in [0.15, 0.2) is 0 Å². The fourth-order valence-electron chi connectivity index (χ4n) is 2.47. The number of anilines is 1. The van der Waals surface area contributed by atoms with Crippen molar-refractivity contribution in [2.24, 2.45) is 0 Å². The molecule has 0 saturated carbocycles. The molecule has 1 amide bonds. The molecule has 0 spiro atoms. The zero-order valence-corrected chi connectivity index (χ0v) is 11.8. The lowest BCUT2D eigenvalue weighted by Gasteiger charge is -2.31. The number of nitrogens with two attached hydrogens (primary N) is 1. The van der Waals surface area contributed by atoms with Crippen LogP contribution in [0.5, 0.6) is 0 Å². The molecular formula is C15H23N3O. The Labute approximate surface area is 115 Å². The maximum absolute atomic E-state index is 12.7. The highest BCUT2D eigenvalue weighted by molar-refractivity contribution is 5.87. The van der Waals surface area contributed by atoms with E-state index < -0.39 is 5.41 Å². The van der Waals surface area contributed by atoms with Crippen molar-refractivity contribution < 1.29 is 4.79 Å². The number of nitrogens with one attached hydrogen (secondary N) is 1. The van der Waals surface area contributed by atoms with Crippen LogP contribution in [0.1, 0.15) is 25.8 Å². The van der Waals surface area contributed by atoms with E-state index in [0.717, 1.165) is 43.9 Å². The molecule has 2 rings (SSSR count). The summed E-state index contributed by atoms with van der Waals surface area (Å²) in [4.78, 5) is 14.7. The molecule has 1 saturated heterocycles. The lowest BCUT2D eigenvalue weighted by Crippen LogP contribution is -2.44. The number of hydrogen-bond donors (Lipinski definition) is 2. The Balaban J connectivity index is 2.17. The molecule has 0 unspecified atom stereocenters. The van der Waals surface area contributed by atoms with Crippen LogP contribution in [0, 0.1) is 0 Å². The molecule has 0 aliphatic carbocycles. The Morgan fingerprint density at radius 3 is 2.58 bits per heavy atom. The Kier molecular flexibility index (Phi) is 4.10. The van der Waals surface area contributed by atoms with Crippen molar-refractivity contribution in [2.45, 2.75) is 25.7 Å². The van der Waals surface area contributed by atoms with Gasteiger partial charge in [-0.25, -0.2) is 0 Å². The zero-order valence-electron chi connectivity index (χ0n) is 11.8. The third kappa shape index (κ3) is 3.07. The summed E-state index contributed by atoms with van der Waals surface area (Å²) in [5, 5.41) is 3.32. The average molecular weight is 261 g/mol. The minimum atomic E-state index is -0.502. The topological polar surface area (TPSA) is 58.4 Å². The number of benzene rings is 1. The van der Waals surface area contributed by atoms with Crippen molar-refractivity contribution in [3.05, 3.63) is 29.8 Å². The maximum Gasteiger partial charge on any atom is 0.232 e. The van der Waals surface area contributed by atoms with Gasteiger partial charge < -0.3 is 16.0 Å². The van der Waals surface area contributed by atoms with Crippen molar-refractivity contribution in [1.82, 2.24) is 10.2 Å². The maximum atomic E-state index is 12.7. The summed E-state index contributed by atoms with van der Waals surface area (Å²) in [5.74, 6) is 0.195. The van der Waals surface area contributed by atoms with Gasteiger partial charge in [0, 0.05) is 25.3 Å². The van der Waals surface area contributed by atoms with Crippen LogP contribution in [0.4, 0.5) is 5.69 Å². The molecule has 4 heteroatoms. The molecule has 104 valence electrons. The first-order valence-electron chi connectivity index (χ1n) is 6.88. The number of carbonyl (C=O) groups is 1. The average Bonchev–Trinajstić information content (AvgIpc) is 2.67. The number of hydrogen-bond acceptors (Lipinski definition) is 3. The summed E-state index contributed by atoms with van der Waals surface area (Å²) in [6, 6.07) is 7.61. The summed E-state index contributed by atoms with van der Waals surface area (Å²) in [6.45, 7) is 7.47. The Hall–Kier alpha value is -1.55. The Morgan fingerprint density at radius 1 is 1.21 bits per heavy atom. The zero-order chi connectivity index (χ0) is 13.9. The van der Waals surface area contributed by atoms with E-state index >= 15 is 0 Å². The first-order chi connectivity index (χ1) is 9.01. The Morgan fingerprint density at radius 2 is 1.89 bits per heavy atom. The second-order valence-electron chi connectivity index (χ2n) is 5.64. The van der Waals surface area contributed by atoms with E-state index in [1.54, 1.807) is 0 Å². The van der Waals surface area contributed by atoms with E-state index in [2.05, 4.69) is 5.32 Å². The van der Waals surface area contributed by atoms with Crippen LogP contribution in [-0.4, -0.2) is 37.0 Å². The lowest BCUT2D eigenvalue weighted by molar-refractivity contribution is -0.136. The first kappa shape index (κ1) is 13.9. The second-order valence-corrected chi connectivity index (χ2v) is 5.64. The molecule has 0 aromatic heterocycles. The van der Waals surface area contributed by atoms with E-state index in [-0.39, 0.29) is 5.91 Å². The molecule has 1 fully saturated rings. The van der Waals surface area contributed by atoms with Crippen molar-refractivity contribution >= 4 is 11.6 Å². The minimum absolute atomic E-state index is 0.195. The van der Waals surface area contributed by atoms with Gasteiger partial charge in [-0.2, -0.15) is 0 Å². The van der Waals surface area contributed by atoms with Crippen molar-refractivity contribution in [2.75, 3.05) is 31.9 Å². The number of rotatable bonds is 2. The standard InChI is InChI=1S/C15H23N3O/c1-15(2,12-4-6-13(16)7-5-12)14(19)18-10-3-8-17-9-11-18/h4-7,17H,3,8-11,16H2,1-2H3. The van der Waals surface area contributed by atoms with Crippen LogP contribution >= 0.6 is 0 Å². The summed E-state index contributed by atoms with van der Waals surface area (Å²) in [5.41, 5.74) is 6.95. The molecule has 3 N–H and O–H groups in total. The van der Waals surface area contributed by atoms with Gasteiger partial charge in [0.25, 0.3) is 0 Å². The highest BCUT2D eigenvalue weighted by atomic mass is 16.2. The molecule has 19 heavy (non-hydrogen) atoms. The second kappa shape index (κ2) is 5.61. The van der Waals surface area contributed by atoms with E-state index in [1.165, 1.54) is 0 Å². The smallest absolute Gasteiger partial charge is 0.232 e. The molecule has 1 heterocycles. The highest BCUT2D eigenvalue weighted by Gasteiger charge is 2.33. The van der Waals surface area contributed by atoms with Gasteiger partial charge in [0.2, 0.25) is 5.91 Å². The van der Waals surface area contributed by atoms with Gasteiger partial charge in [-0.3, -0.25) is 4.79 Å². The van der Waals surface area contributed by atoms with Crippen molar-refractivity contribution in [3.63, 3.8) is 0 Å². The number of carbonyl (C=O) groups excluding carboxylic acids is 1. The van der Waals surface area contributed by atoms with Crippen molar-refractivity contribution in [1.29, 1.82) is 0 Å². The predicted octanol–water partition coefficient (Wildman–Crippen LogP) is 1.37. The molecule has 1 aromatic rings. The third-order valence-electron chi connectivity index (χ3n) is 3.79. The Bertz CT molecular complexity index is 431. The predicted molar refractivity (Wildman–Crippen MR) is 77.9 cm³/mol. The van der Waals surface area contributed by atoms with E-state index in [4.69, 9.17) is 5.73 Å². The van der Waals surface area contributed by atoms with Crippen molar-refractivity contribution in [3.8, 4) is 0 Å². The molecule has 1 aromatic carbocycles. The number of amides is 1. The lowest BCUT2D eigenvalue weighted by atomic mass is 9.83. The summed E-state index contributed by atoms with van der Waals surface area (Å²) in [6.07, 6.45) is 1.02. The molecule has 0 atom stereocenters. The number of nitrogen functional groups attached to an aromatic ring is 1. The SMILES string of the molecule is CC(C)(C(=O)N1CCCNCC1)c1ccc(N)cc1. The van der Waals surface area contributed by atoms with Gasteiger partial charge >= 0.3 is 0 Å². The van der Waals surface area contributed by atoms with Gasteiger partial charge in [-0.1, -0.05) is 12.1 Å². The largest absolute Gasteiger partial charge is 0.399 e. The quantitative estimate of drug-likeness (QED) is 0.791. The minimum Gasteiger partial charge on any atom is -0.399 e. The molecule has 4 nitrogen and oxygen atoms in total. The fraction of sp³-hybridized carbons (Fsp3) is 0.533. The number of nitrogens with zero attached hydrogens (tertiary/aromatic N) is 1. The van der Waals surface area contributed by atoms with Crippen LogP contribution < -0.4 is 11.1 Å². The summed E-state index contributed by atoms with van der Waals surface area (Å²) >= 11 is 0. The molecule has 1 aliphatic heterocycles. The van der Waals surface area contributed by atoms with E-state index in [9.17, 15) is 4.79 Å². The van der Waals surface area contributed by atoms with E-state index in [1.807, 2.05) is 43.0 Å². The van der Waals surface area contributed by atoms with Crippen LogP contribution in [0.3, 0.4) is 0 Å².